The van der Waals surface area contributed by atoms with Crippen molar-refractivity contribution in [1.29, 1.82) is 0 Å². The van der Waals surface area contributed by atoms with E-state index in [0.29, 0.717) is 0 Å². The van der Waals surface area contributed by atoms with Gasteiger partial charge >= 0.3 is 0 Å². The molecule has 9 heavy (non-hydrogen) atoms. The minimum absolute atomic E-state index is 0.0104. The molecule has 0 spiro atoms. The van der Waals surface area contributed by atoms with E-state index in [-0.39, 0.29) is 11.5 Å². The van der Waals surface area contributed by atoms with Gasteiger partial charge in [0.1, 0.15) is 6.10 Å². The zero-order valence-corrected chi connectivity index (χ0v) is 6.51. The van der Waals surface area contributed by atoms with Crippen LogP contribution in [0.1, 0.15) is 27.7 Å². The van der Waals surface area contributed by atoms with Crippen LogP contribution >= 0.6 is 0 Å². The Morgan fingerprint density at radius 1 is 1.44 bits per heavy atom. The lowest BCUT2D eigenvalue weighted by molar-refractivity contribution is -0.289. The fraction of sp³-hybridized carbons (Fsp3) is 0.857. The Morgan fingerprint density at radius 3 is 1.89 bits per heavy atom. The van der Waals surface area contributed by atoms with Crippen LogP contribution in [0.25, 0.3) is 0 Å². The molecule has 0 aromatic rings. The summed E-state index contributed by atoms with van der Waals surface area (Å²) in [4.78, 5) is 4.21. The topological polar surface area (TPSA) is 29.5 Å². The zero-order chi connectivity index (χ0) is 7.49. The minimum Gasteiger partial charge on any atom is -0.252 e. The zero-order valence-electron chi connectivity index (χ0n) is 6.51. The third kappa shape index (κ3) is 2.82. The molecule has 0 aliphatic rings. The maximum Gasteiger partial charge on any atom is 0.100 e. The van der Waals surface area contributed by atoms with E-state index in [2.05, 4.69) is 4.89 Å². The van der Waals surface area contributed by atoms with Gasteiger partial charge < -0.3 is 0 Å². The normalized spacial score (nSPS) is 15.7. The van der Waals surface area contributed by atoms with E-state index in [1.165, 1.54) is 0 Å². The molecule has 0 fully saturated rings. The molecule has 0 amide bonds. The first kappa shape index (κ1) is 8.92. The third-order valence-corrected chi connectivity index (χ3v) is 1.27. The van der Waals surface area contributed by atoms with Crippen molar-refractivity contribution in [2.45, 2.75) is 33.8 Å². The van der Waals surface area contributed by atoms with Crippen LogP contribution in [-0.4, -0.2) is 11.4 Å². The van der Waals surface area contributed by atoms with Crippen molar-refractivity contribution in [3.8, 4) is 0 Å². The van der Waals surface area contributed by atoms with E-state index in [0.717, 1.165) is 0 Å². The summed E-state index contributed by atoms with van der Waals surface area (Å²) in [5.41, 5.74) is -0.0104. The average molecular weight is 131 g/mol. The molecule has 0 aliphatic carbocycles. The second-order valence-corrected chi connectivity index (χ2v) is 3.23. The molecule has 0 heterocycles. The Bertz CT molecular complexity index is 69.5. The van der Waals surface area contributed by atoms with Crippen LogP contribution < -0.4 is 0 Å². The van der Waals surface area contributed by atoms with Crippen LogP contribution in [0.5, 0.6) is 0 Å². The first-order chi connectivity index (χ1) is 4.02. The molecule has 1 unspecified atom stereocenters. The maximum absolute atomic E-state index is 8.33. The van der Waals surface area contributed by atoms with Crippen molar-refractivity contribution < 1.29 is 10.1 Å². The Labute approximate surface area is 56.8 Å². The molecule has 0 saturated carbocycles. The van der Waals surface area contributed by atoms with E-state index in [1.807, 2.05) is 34.1 Å². The Hall–Kier alpha value is -0.0800. The van der Waals surface area contributed by atoms with Crippen molar-refractivity contribution in [3.63, 3.8) is 0 Å². The molecule has 0 aliphatic heterocycles. The van der Waals surface area contributed by atoms with Gasteiger partial charge in [-0.15, -0.1) is 0 Å². The molecule has 2 heteroatoms. The smallest absolute Gasteiger partial charge is 0.100 e. The van der Waals surface area contributed by atoms with E-state index >= 15 is 0 Å². The van der Waals surface area contributed by atoms with Gasteiger partial charge in [-0.25, -0.2) is 4.89 Å². The van der Waals surface area contributed by atoms with Crippen LogP contribution in [-0.2, 0) is 4.89 Å². The number of hydrogen-bond donors (Lipinski definition) is 1. The summed E-state index contributed by atoms with van der Waals surface area (Å²) in [7, 11) is 0. The fourth-order valence-electron chi connectivity index (χ4n) is 0.719. The lowest BCUT2D eigenvalue weighted by Gasteiger charge is -2.25. The minimum atomic E-state index is -0.169. The summed E-state index contributed by atoms with van der Waals surface area (Å²) < 4.78 is 0. The van der Waals surface area contributed by atoms with Crippen LogP contribution in [0.4, 0.5) is 0 Å². The predicted octanol–water partition coefficient (Wildman–Crippen LogP) is 2.11. The SMILES string of the molecule is C[CH]C(OO)C(C)(C)C. The highest BCUT2D eigenvalue weighted by Crippen LogP contribution is 2.22. The molecular weight excluding hydrogens is 116 g/mol. The quantitative estimate of drug-likeness (QED) is 0.459. The lowest BCUT2D eigenvalue weighted by Crippen LogP contribution is -2.27. The van der Waals surface area contributed by atoms with Crippen molar-refractivity contribution in [2.24, 2.45) is 5.41 Å². The van der Waals surface area contributed by atoms with Crippen molar-refractivity contribution in [2.75, 3.05) is 0 Å². The van der Waals surface area contributed by atoms with Crippen molar-refractivity contribution in [1.82, 2.24) is 0 Å². The Balaban J connectivity index is 3.79. The van der Waals surface area contributed by atoms with Crippen LogP contribution in [0.2, 0.25) is 0 Å². The molecule has 0 saturated heterocycles. The average Bonchev–Trinajstić information content (AvgIpc) is 1.65. The Kier molecular flexibility index (Phi) is 3.15. The molecule has 0 aromatic heterocycles. The summed E-state index contributed by atoms with van der Waals surface area (Å²) in [6, 6.07) is 0. The highest BCUT2D eigenvalue weighted by atomic mass is 17.1. The second kappa shape index (κ2) is 3.18. The first-order valence-electron chi connectivity index (χ1n) is 3.12. The predicted molar refractivity (Wildman–Crippen MR) is 36.9 cm³/mol. The van der Waals surface area contributed by atoms with Gasteiger partial charge in [-0.05, 0) is 11.8 Å². The molecule has 1 atom stereocenters. The van der Waals surface area contributed by atoms with Gasteiger partial charge in [-0.1, -0.05) is 27.7 Å². The third-order valence-electron chi connectivity index (χ3n) is 1.27. The van der Waals surface area contributed by atoms with Gasteiger partial charge in [0, 0.05) is 0 Å². The molecule has 1 N–H and O–H groups in total. The summed E-state index contributed by atoms with van der Waals surface area (Å²) in [5.74, 6) is 0. The second-order valence-electron chi connectivity index (χ2n) is 3.23. The summed E-state index contributed by atoms with van der Waals surface area (Å²) in [6.07, 6.45) is 1.66. The van der Waals surface area contributed by atoms with Gasteiger partial charge in [0.2, 0.25) is 0 Å². The van der Waals surface area contributed by atoms with E-state index < -0.39 is 0 Å². The number of hydrogen-bond acceptors (Lipinski definition) is 2. The highest BCUT2D eigenvalue weighted by Gasteiger charge is 2.23. The first-order valence-corrected chi connectivity index (χ1v) is 3.12. The molecule has 55 valence electrons. The van der Waals surface area contributed by atoms with Crippen molar-refractivity contribution in [3.05, 3.63) is 6.42 Å². The summed E-state index contributed by atoms with van der Waals surface area (Å²) in [5, 5.41) is 8.33. The highest BCUT2D eigenvalue weighted by molar-refractivity contribution is 4.82. The largest absolute Gasteiger partial charge is 0.252 e. The van der Waals surface area contributed by atoms with Gasteiger partial charge in [0.05, 0.1) is 0 Å². The monoisotopic (exact) mass is 131 g/mol. The van der Waals surface area contributed by atoms with Gasteiger partial charge in [-0.3, -0.25) is 5.26 Å². The van der Waals surface area contributed by atoms with E-state index in [9.17, 15) is 0 Å². The van der Waals surface area contributed by atoms with Crippen LogP contribution in [0.3, 0.4) is 0 Å². The summed E-state index contributed by atoms with van der Waals surface area (Å²) in [6.45, 7) is 7.89. The van der Waals surface area contributed by atoms with Crippen LogP contribution in [0, 0.1) is 11.8 Å². The number of rotatable bonds is 2. The fourth-order valence-corrected chi connectivity index (χ4v) is 0.719. The van der Waals surface area contributed by atoms with E-state index in [4.69, 9.17) is 5.26 Å². The van der Waals surface area contributed by atoms with Crippen molar-refractivity contribution >= 4 is 0 Å². The molecule has 0 aromatic carbocycles. The van der Waals surface area contributed by atoms with Gasteiger partial charge in [0.25, 0.3) is 0 Å². The van der Waals surface area contributed by atoms with Gasteiger partial charge in [-0.2, -0.15) is 0 Å². The van der Waals surface area contributed by atoms with Crippen LogP contribution in [0.15, 0.2) is 0 Å². The maximum atomic E-state index is 8.33. The standard InChI is InChI=1S/C7H15O2/c1-5-6(9-8)7(2,3)4/h5-6,8H,1-4H3. The van der Waals surface area contributed by atoms with E-state index in [1.54, 1.807) is 0 Å². The molecule has 0 bridgehead atoms. The molecular formula is C7H15O2. The molecule has 2 nitrogen and oxygen atoms in total. The molecule has 1 radical (unpaired) electrons. The lowest BCUT2D eigenvalue weighted by atomic mass is 9.88. The molecule has 0 rings (SSSR count). The Morgan fingerprint density at radius 2 is 1.89 bits per heavy atom. The van der Waals surface area contributed by atoms with Gasteiger partial charge in [0.15, 0.2) is 0 Å². The summed E-state index contributed by atoms with van der Waals surface area (Å²) >= 11 is 0.